The molecule has 3 aromatic carbocycles. The number of carbonyl (C=O) groups is 1. The van der Waals surface area contributed by atoms with Crippen molar-refractivity contribution < 1.29 is 13.6 Å². The molecule has 0 bridgehead atoms. The Balaban J connectivity index is 1.44. The number of para-hydroxylation sites is 1. The minimum Gasteiger partial charge on any atom is -0.431 e. The highest BCUT2D eigenvalue weighted by Crippen LogP contribution is 2.28. The summed E-state index contributed by atoms with van der Waals surface area (Å²) in [6.07, 6.45) is 0. The van der Waals surface area contributed by atoms with E-state index in [-0.39, 0.29) is 11.7 Å². The zero-order valence-corrected chi connectivity index (χ0v) is 15.9. The van der Waals surface area contributed by atoms with Gasteiger partial charge in [0.1, 0.15) is 11.3 Å². The lowest BCUT2D eigenvalue weighted by Gasteiger charge is -2.07. The van der Waals surface area contributed by atoms with Gasteiger partial charge in [0.25, 0.3) is 11.1 Å². The summed E-state index contributed by atoms with van der Waals surface area (Å²) in [5, 5.41) is 3.37. The smallest absolute Gasteiger partial charge is 0.257 e. The number of nitrogens with zero attached hydrogens (tertiary/aromatic N) is 1. The predicted octanol–water partition coefficient (Wildman–Crippen LogP) is 5.82. The van der Waals surface area contributed by atoms with Crippen molar-refractivity contribution in [2.75, 3.05) is 5.32 Å². The van der Waals surface area contributed by atoms with Gasteiger partial charge in [-0.2, -0.15) is 0 Å². The number of amides is 1. The van der Waals surface area contributed by atoms with Gasteiger partial charge in [-0.3, -0.25) is 4.79 Å². The number of fused-ring (bicyclic) bond motifs is 1. The number of nitrogens with one attached hydrogen (secondary N) is 1. The van der Waals surface area contributed by atoms with Gasteiger partial charge in [-0.05, 0) is 60.5 Å². The maximum atomic E-state index is 13.0. The van der Waals surface area contributed by atoms with E-state index in [2.05, 4.69) is 10.3 Å². The molecule has 1 amide bonds. The number of oxazole rings is 1. The summed E-state index contributed by atoms with van der Waals surface area (Å²) < 4.78 is 18.8. The lowest BCUT2D eigenvalue weighted by Crippen LogP contribution is -2.12. The molecule has 0 aliphatic carbocycles. The molecule has 6 heteroatoms. The van der Waals surface area contributed by atoms with E-state index in [1.807, 2.05) is 43.3 Å². The van der Waals surface area contributed by atoms with Crippen LogP contribution in [0.3, 0.4) is 0 Å². The van der Waals surface area contributed by atoms with Gasteiger partial charge < -0.3 is 9.73 Å². The van der Waals surface area contributed by atoms with E-state index in [1.165, 1.54) is 36.0 Å². The Kier molecular flexibility index (Phi) is 5.12. The Morgan fingerprint density at radius 1 is 1.11 bits per heavy atom. The molecule has 28 heavy (non-hydrogen) atoms. The molecule has 0 fully saturated rings. The van der Waals surface area contributed by atoms with E-state index >= 15 is 0 Å². The third kappa shape index (κ3) is 4.07. The number of halogens is 1. The molecule has 0 radical (unpaired) electrons. The van der Waals surface area contributed by atoms with E-state index in [0.717, 1.165) is 22.2 Å². The van der Waals surface area contributed by atoms with Crippen molar-refractivity contribution in [2.24, 2.45) is 0 Å². The van der Waals surface area contributed by atoms with Crippen LogP contribution in [-0.2, 0) is 5.75 Å². The van der Waals surface area contributed by atoms with Gasteiger partial charge in [0.2, 0.25) is 0 Å². The lowest BCUT2D eigenvalue weighted by molar-refractivity contribution is 0.102. The average Bonchev–Trinajstić information content (AvgIpc) is 3.13. The maximum absolute atomic E-state index is 13.0. The second-order valence-electron chi connectivity index (χ2n) is 6.35. The van der Waals surface area contributed by atoms with Gasteiger partial charge in [-0.1, -0.05) is 36.0 Å². The molecular weight excluding hydrogens is 375 g/mol. The monoisotopic (exact) mass is 392 g/mol. The van der Waals surface area contributed by atoms with Gasteiger partial charge in [0, 0.05) is 17.0 Å². The Bertz CT molecular complexity index is 1140. The highest BCUT2D eigenvalue weighted by Gasteiger charge is 2.10. The molecule has 140 valence electrons. The number of hydrogen-bond donors (Lipinski definition) is 1. The normalized spacial score (nSPS) is 10.9. The quantitative estimate of drug-likeness (QED) is 0.435. The number of carbonyl (C=O) groups excluding carboxylic acids is 1. The minimum absolute atomic E-state index is 0.240. The average molecular weight is 392 g/mol. The van der Waals surface area contributed by atoms with Gasteiger partial charge in [-0.25, -0.2) is 9.37 Å². The van der Waals surface area contributed by atoms with Gasteiger partial charge in [0.05, 0.1) is 0 Å². The number of hydrogen-bond acceptors (Lipinski definition) is 4. The highest BCUT2D eigenvalue weighted by atomic mass is 32.2. The topological polar surface area (TPSA) is 55.1 Å². The first-order valence-corrected chi connectivity index (χ1v) is 9.72. The summed E-state index contributed by atoms with van der Waals surface area (Å²) in [7, 11) is 0. The number of thioether (sulfide) groups is 1. The molecule has 4 rings (SSSR count). The zero-order chi connectivity index (χ0) is 19.5. The molecule has 0 saturated heterocycles. The second-order valence-corrected chi connectivity index (χ2v) is 7.28. The Hall–Kier alpha value is -3.12. The highest BCUT2D eigenvalue weighted by molar-refractivity contribution is 7.98. The van der Waals surface area contributed by atoms with Crippen LogP contribution in [0.2, 0.25) is 0 Å². The number of aryl methyl sites for hydroxylation is 1. The molecular formula is C22H17FN2O2S. The first-order chi connectivity index (χ1) is 13.6. The molecule has 0 aliphatic rings. The fraction of sp³-hybridized carbons (Fsp3) is 0.0909. The first-order valence-electron chi connectivity index (χ1n) is 8.73. The lowest BCUT2D eigenvalue weighted by atomic mass is 10.1. The van der Waals surface area contributed by atoms with Crippen LogP contribution in [0.1, 0.15) is 21.5 Å². The Labute approximate surface area is 165 Å². The van der Waals surface area contributed by atoms with Gasteiger partial charge in [-0.15, -0.1) is 0 Å². The van der Waals surface area contributed by atoms with Crippen molar-refractivity contribution in [1.82, 2.24) is 4.98 Å². The van der Waals surface area contributed by atoms with E-state index < -0.39 is 0 Å². The Morgan fingerprint density at radius 3 is 2.68 bits per heavy atom. The molecule has 0 atom stereocenters. The predicted molar refractivity (Wildman–Crippen MR) is 109 cm³/mol. The first kappa shape index (κ1) is 18.3. The second kappa shape index (κ2) is 7.86. The van der Waals surface area contributed by atoms with Crippen LogP contribution in [0, 0.1) is 12.7 Å². The standard InChI is InChI=1S/C22H17FN2O2S/c1-14-4-2-7-19-20(14)25-22(27-19)28-13-15-5-3-6-16(12-15)21(26)24-18-10-8-17(23)9-11-18/h2-12H,13H2,1H3,(H,24,26). The SMILES string of the molecule is Cc1cccc2oc(SCc3cccc(C(=O)Nc4ccc(F)cc4)c3)nc12. The van der Waals surface area contributed by atoms with Crippen LogP contribution >= 0.6 is 11.8 Å². The van der Waals surface area contributed by atoms with Crippen molar-refractivity contribution in [2.45, 2.75) is 17.9 Å². The van der Waals surface area contributed by atoms with Crippen molar-refractivity contribution >= 4 is 34.5 Å². The summed E-state index contributed by atoms with van der Waals surface area (Å²) in [6.45, 7) is 2.00. The number of benzene rings is 3. The minimum atomic E-state index is -0.341. The summed E-state index contributed by atoms with van der Waals surface area (Å²) >= 11 is 1.48. The van der Waals surface area contributed by atoms with Crippen molar-refractivity contribution in [1.29, 1.82) is 0 Å². The van der Waals surface area contributed by atoms with E-state index in [9.17, 15) is 9.18 Å². The summed E-state index contributed by atoms with van der Waals surface area (Å²) in [5.41, 5.74) is 4.79. The largest absolute Gasteiger partial charge is 0.431 e. The number of rotatable bonds is 5. The molecule has 0 unspecified atom stereocenters. The summed E-state index contributed by atoms with van der Waals surface area (Å²) in [5.74, 6) is 0.0474. The third-order valence-electron chi connectivity index (χ3n) is 4.25. The van der Waals surface area contributed by atoms with Crippen molar-refractivity contribution in [3.8, 4) is 0 Å². The maximum Gasteiger partial charge on any atom is 0.257 e. The third-order valence-corrected chi connectivity index (χ3v) is 5.15. The van der Waals surface area contributed by atoms with Crippen LogP contribution in [-0.4, -0.2) is 10.9 Å². The molecule has 1 N–H and O–H groups in total. The van der Waals surface area contributed by atoms with E-state index in [1.54, 1.807) is 6.07 Å². The van der Waals surface area contributed by atoms with Crippen molar-refractivity contribution in [3.05, 3.63) is 89.2 Å². The van der Waals surface area contributed by atoms with Crippen LogP contribution < -0.4 is 5.32 Å². The fourth-order valence-corrected chi connectivity index (χ4v) is 3.59. The molecule has 0 spiro atoms. The number of aromatic nitrogens is 1. The van der Waals surface area contributed by atoms with Crippen LogP contribution in [0.5, 0.6) is 0 Å². The zero-order valence-electron chi connectivity index (χ0n) is 15.1. The number of anilines is 1. The van der Waals surface area contributed by atoms with E-state index in [0.29, 0.717) is 22.2 Å². The molecule has 1 aromatic heterocycles. The molecule has 0 saturated carbocycles. The Morgan fingerprint density at radius 2 is 1.89 bits per heavy atom. The van der Waals surface area contributed by atoms with Gasteiger partial charge in [0.15, 0.2) is 5.58 Å². The summed E-state index contributed by atoms with van der Waals surface area (Å²) in [6, 6.07) is 18.9. The fourth-order valence-electron chi connectivity index (χ4n) is 2.81. The summed E-state index contributed by atoms with van der Waals surface area (Å²) in [4.78, 5) is 17.0. The van der Waals surface area contributed by atoms with Crippen molar-refractivity contribution in [3.63, 3.8) is 0 Å². The van der Waals surface area contributed by atoms with Gasteiger partial charge >= 0.3 is 0 Å². The molecule has 0 aliphatic heterocycles. The molecule has 4 aromatic rings. The molecule has 1 heterocycles. The molecule has 4 nitrogen and oxygen atoms in total. The van der Waals surface area contributed by atoms with Crippen LogP contribution in [0.4, 0.5) is 10.1 Å². The van der Waals surface area contributed by atoms with E-state index in [4.69, 9.17) is 4.42 Å². The van der Waals surface area contributed by atoms with Crippen LogP contribution in [0.25, 0.3) is 11.1 Å². The van der Waals surface area contributed by atoms with Crippen LogP contribution in [0.15, 0.2) is 76.4 Å².